The molecule has 0 aliphatic heterocycles. The van der Waals surface area contributed by atoms with Crippen LogP contribution in [0.1, 0.15) is 23.1 Å². The molecule has 84 valence electrons. The highest BCUT2D eigenvalue weighted by Gasteiger charge is 2.11. The molecule has 1 unspecified atom stereocenters. The third-order valence-corrected chi connectivity index (χ3v) is 2.39. The molecular formula is C11H14N4O. The summed E-state index contributed by atoms with van der Waals surface area (Å²) in [5.41, 5.74) is 2.05. The summed E-state index contributed by atoms with van der Waals surface area (Å²) < 4.78 is 0. The first-order valence-corrected chi connectivity index (χ1v) is 5.12. The Labute approximate surface area is 93.7 Å². The van der Waals surface area contributed by atoms with Crippen molar-refractivity contribution >= 4 is 0 Å². The molecule has 0 saturated carbocycles. The normalized spacial score (nSPS) is 12.7. The molecule has 0 amide bonds. The van der Waals surface area contributed by atoms with Gasteiger partial charge in [0.2, 0.25) is 0 Å². The molecule has 0 bridgehead atoms. The van der Waals surface area contributed by atoms with E-state index in [-0.39, 0.29) is 0 Å². The number of aryl methyl sites for hydroxylation is 2. The molecule has 0 aliphatic carbocycles. The highest BCUT2D eigenvalue weighted by atomic mass is 16.3. The maximum absolute atomic E-state index is 9.96. The van der Waals surface area contributed by atoms with Crippen molar-refractivity contribution in [1.82, 2.24) is 20.2 Å². The van der Waals surface area contributed by atoms with Crippen LogP contribution in [-0.2, 0) is 13.5 Å². The minimum Gasteiger partial charge on any atom is -0.388 e. The Morgan fingerprint density at radius 2 is 2.00 bits per heavy atom. The maximum atomic E-state index is 9.96. The van der Waals surface area contributed by atoms with E-state index in [0.717, 1.165) is 5.56 Å². The van der Waals surface area contributed by atoms with Crippen LogP contribution in [0.5, 0.6) is 0 Å². The third-order valence-electron chi connectivity index (χ3n) is 2.39. The summed E-state index contributed by atoms with van der Waals surface area (Å²) in [7, 11) is 1.70. The molecule has 0 saturated heterocycles. The first-order valence-electron chi connectivity index (χ1n) is 5.12. The Hall–Kier alpha value is -1.75. The van der Waals surface area contributed by atoms with Crippen molar-refractivity contribution in [1.29, 1.82) is 0 Å². The molecule has 2 aromatic rings. The van der Waals surface area contributed by atoms with E-state index in [1.807, 2.05) is 31.2 Å². The summed E-state index contributed by atoms with van der Waals surface area (Å²) in [4.78, 5) is 1.39. The number of rotatable bonds is 3. The monoisotopic (exact) mass is 218 g/mol. The van der Waals surface area contributed by atoms with E-state index in [1.165, 1.54) is 10.4 Å². The van der Waals surface area contributed by atoms with Crippen LogP contribution in [0.4, 0.5) is 0 Å². The van der Waals surface area contributed by atoms with Crippen molar-refractivity contribution in [2.45, 2.75) is 19.4 Å². The molecule has 0 aliphatic rings. The van der Waals surface area contributed by atoms with E-state index in [4.69, 9.17) is 0 Å². The van der Waals surface area contributed by atoms with Gasteiger partial charge in [0.15, 0.2) is 5.82 Å². The van der Waals surface area contributed by atoms with Crippen molar-refractivity contribution in [2.24, 2.45) is 7.05 Å². The van der Waals surface area contributed by atoms with Crippen LogP contribution in [0.15, 0.2) is 24.3 Å². The van der Waals surface area contributed by atoms with Gasteiger partial charge >= 0.3 is 0 Å². The van der Waals surface area contributed by atoms with Crippen molar-refractivity contribution in [2.75, 3.05) is 0 Å². The minimum absolute atomic E-state index is 0.386. The van der Waals surface area contributed by atoms with E-state index in [2.05, 4.69) is 15.4 Å². The lowest BCUT2D eigenvalue weighted by Gasteiger charge is -2.08. The first kappa shape index (κ1) is 10.8. The Morgan fingerprint density at radius 3 is 2.56 bits per heavy atom. The second-order valence-electron chi connectivity index (χ2n) is 3.83. The average molecular weight is 218 g/mol. The first-order chi connectivity index (χ1) is 7.65. The van der Waals surface area contributed by atoms with Gasteiger partial charge < -0.3 is 5.11 Å². The van der Waals surface area contributed by atoms with Crippen LogP contribution < -0.4 is 0 Å². The van der Waals surface area contributed by atoms with E-state index in [9.17, 15) is 5.11 Å². The topological polar surface area (TPSA) is 63.8 Å². The summed E-state index contributed by atoms with van der Waals surface area (Å²) in [5.74, 6) is 0.551. The quantitative estimate of drug-likeness (QED) is 0.827. The van der Waals surface area contributed by atoms with Crippen LogP contribution in [0, 0.1) is 6.92 Å². The lowest BCUT2D eigenvalue weighted by Crippen LogP contribution is -2.03. The molecule has 5 nitrogen and oxygen atoms in total. The Kier molecular flexibility index (Phi) is 2.96. The molecule has 5 heteroatoms. The van der Waals surface area contributed by atoms with Gasteiger partial charge in [-0.15, -0.1) is 10.2 Å². The zero-order valence-corrected chi connectivity index (χ0v) is 9.33. The van der Waals surface area contributed by atoms with Crippen molar-refractivity contribution < 1.29 is 5.11 Å². The van der Waals surface area contributed by atoms with Crippen LogP contribution in [0.25, 0.3) is 0 Å². The van der Waals surface area contributed by atoms with E-state index >= 15 is 0 Å². The lowest BCUT2D eigenvalue weighted by molar-refractivity contribution is 0.175. The molecule has 1 aromatic heterocycles. The third kappa shape index (κ3) is 2.43. The molecular weight excluding hydrogens is 204 g/mol. The molecule has 1 heterocycles. The number of aromatic nitrogens is 4. The summed E-state index contributed by atoms with van der Waals surface area (Å²) in [6, 6.07) is 7.78. The van der Waals surface area contributed by atoms with Crippen LogP contribution >= 0.6 is 0 Å². The molecule has 2 rings (SSSR count). The molecule has 0 spiro atoms. The van der Waals surface area contributed by atoms with Crippen LogP contribution in [0.3, 0.4) is 0 Å². The average Bonchev–Trinajstić information content (AvgIpc) is 2.65. The highest BCUT2D eigenvalue weighted by molar-refractivity contribution is 5.23. The summed E-state index contributed by atoms with van der Waals surface area (Å²) >= 11 is 0. The second kappa shape index (κ2) is 4.40. The van der Waals surface area contributed by atoms with E-state index in [0.29, 0.717) is 12.2 Å². The largest absolute Gasteiger partial charge is 0.388 e. The minimum atomic E-state index is -0.579. The van der Waals surface area contributed by atoms with Gasteiger partial charge in [-0.25, -0.2) is 0 Å². The van der Waals surface area contributed by atoms with Gasteiger partial charge in [0.1, 0.15) is 0 Å². The number of aliphatic hydroxyl groups is 1. The molecule has 16 heavy (non-hydrogen) atoms. The van der Waals surface area contributed by atoms with Gasteiger partial charge in [-0.1, -0.05) is 29.8 Å². The standard InChI is InChI=1S/C11H14N4O/c1-8-3-5-9(6-4-8)10(16)7-11-12-14-15(2)13-11/h3-6,10,16H,7H2,1-2H3. The number of hydrogen-bond donors (Lipinski definition) is 1. The fourth-order valence-corrected chi connectivity index (χ4v) is 1.48. The second-order valence-corrected chi connectivity index (χ2v) is 3.83. The molecule has 1 atom stereocenters. The highest BCUT2D eigenvalue weighted by Crippen LogP contribution is 2.16. The number of nitrogens with zero attached hydrogens (tertiary/aromatic N) is 4. The number of hydrogen-bond acceptors (Lipinski definition) is 4. The van der Waals surface area contributed by atoms with E-state index < -0.39 is 6.10 Å². The van der Waals surface area contributed by atoms with Gasteiger partial charge in [0.05, 0.1) is 13.2 Å². The summed E-state index contributed by atoms with van der Waals surface area (Å²) in [6.45, 7) is 2.01. The van der Waals surface area contributed by atoms with Crippen molar-refractivity contribution in [3.63, 3.8) is 0 Å². The van der Waals surface area contributed by atoms with Gasteiger partial charge in [-0.2, -0.15) is 4.80 Å². The van der Waals surface area contributed by atoms with Crippen molar-refractivity contribution in [3.8, 4) is 0 Å². The van der Waals surface area contributed by atoms with Crippen molar-refractivity contribution in [3.05, 3.63) is 41.2 Å². The maximum Gasteiger partial charge on any atom is 0.177 e. The van der Waals surface area contributed by atoms with Crippen LogP contribution in [0.2, 0.25) is 0 Å². The lowest BCUT2D eigenvalue weighted by atomic mass is 10.1. The summed E-state index contributed by atoms with van der Waals surface area (Å²) in [6.07, 6.45) is -0.193. The number of tetrazole rings is 1. The zero-order chi connectivity index (χ0) is 11.5. The Bertz CT molecular complexity index is 463. The van der Waals surface area contributed by atoms with Gasteiger partial charge in [-0.3, -0.25) is 0 Å². The number of aliphatic hydroxyl groups excluding tert-OH is 1. The summed E-state index contributed by atoms with van der Waals surface area (Å²) in [5, 5.41) is 21.5. The fourth-order valence-electron chi connectivity index (χ4n) is 1.48. The predicted molar refractivity (Wildman–Crippen MR) is 58.6 cm³/mol. The smallest absolute Gasteiger partial charge is 0.177 e. The van der Waals surface area contributed by atoms with Gasteiger partial charge in [0.25, 0.3) is 0 Å². The number of benzene rings is 1. The van der Waals surface area contributed by atoms with Gasteiger partial charge in [0, 0.05) is 6.42 Å². The van der Waals surface area contributed by atoms with Gasteiger partial charge in [-0.05, 0) is 17.7 Å². The Morgan fingerprint density at radius 1 is 1.31 bits per heavy atom. The molecule has 1 aromatic carbocycles. The Balaban J connectivity index is 2.08. The molecule has 0 radical (unpaired) electrons. The van der Waals surface area contributed by atoms with Crippen LogP contribution in [-0.4, -0.2) is 25.3 Å². The van der Waals surface area contributed by atoms with E-state index in [1.54, 1.807) is 7.05 Å². The zero-order valence-electron chi connectivity index (χ0n) is 9.33. The fraction of sp³-hybridized carbons (Fsp3) is 0.364. The predicted octanol–water partition coefficient (Wildman–Crippen LogP) is 0.795. The SMILES string of the molecule is Cc1ccc(C(O)Cc2nnn(C)n2)cc1. The molecule has 0 fully saturated rings. The molecule has 1 N–H and O–H groups in total.